The van der Waals surface area contributed by atoms with Crippen LogP contribution in [0.4, 0.5) is 5.82 Å². The van der Waals surface area contributed by atoms with Crippen LogP contribution in [0.2, 0.25) is 0 Å². The van der Waals surface area contributed by atoms with Crippen LogP contribution in [0, 0.1) is 0 Å². The number of aromatic nitrogens is 3. The smallest absolute Gasteiger partial charge is 0.294 e. The summed E-state index contributed by atoms with van der Waals surface area (Å²) in [5, 5.41) is 2.84. The molecule has 7 heteroatoms. The van der Waals surface area contributed by atoms with Gasteiger partial charge in [-0.1, -0.05) is 0 Å². The van der Waals surface area contributed by atoms with Crippen molar-refractivity contribution in [1.29, 1.82) is 0 Å². The first-order valence-corrected chi connectivity index (χ1v) is 7.62. The Morgan fingerprint density at radius 2 is 2.22 bits per heavy atom. The Bertz CT molecular complexity index is 698. The molecule has 3 rings (SSSR count). The van der Waals surface area contributed by atoms with Gasteiger partial charge in [0.05, 0.1) is 11.9 Å². The van der Waals surface area contributed by atoms with Crippen molar-refractivity contribution in [2.75, 3.05) is 18.0 Å². The van der Waals surface area contributed by atoms with Gasteiger partial charge in [-0.25, -0.2) is 4.98 Å². The van der Waals surface area contributed by atoms with Crippen molar-refractivity contribution in [3.63, 3.8) is 0 Å². The fraction of sp³-hybridized carbons (Fsp3) is 0.375. The summed E-state index contributed by atoms with van der Waals surface area (Å²) in [6.07, 6.45) is 8.51. The Morgan fingerprint density at radius 3 is 2.91 bits per heavy atom. The highest BCUT2D eigenvalue weighted by atomic mass is 16.2. The Hall–Kier alpha value is -2.70. The molecule has 7 nitrogen and oxygen atoms in total. The Morgan fingerprint density at radius 1 is 1.35 bits per heavy atom. The number of rotatable bonds is 4. The number of hydrogen-bond acceptors (Lipinski definition) is 5. The Kier molecular flexibility index (Phi) is 4.36. The number of Topliss-reactive ketones (excluding diaryl/α,β-unsaturated/α-hetero) is 1. The van der Waals surface area contributed by atoms with Gasteiger partial charge in [0.25, 0.3) is 11.7 Å². The third kappa shape index (κ3) is 3.39. The topological polar surface area (TPSA) is 80.1 Å². The van der Waals surface area contributed by atoms with Crippen molar-refractivity contribution >= 4 is 17.5 Å². The molecule has 0 radical (unpaired) electrons. The number of aryl methyl sites for hydroxylation is 1. The molecule has 0 aromatic carbocycles. The van der Waals surface area contributed by atoms with E-state index in [4.69, 9.17) is 0 Å². The predicted molar refractivity (Wildman–Crippen MR) is 85.2 cm³/mol. The zero-order valence-electron chi connectivity index (χ0n) is 13.0. The number of hydrogen-bond donors (Lipinski definition) is 1. The van der Waals surface area contributed by atoms with Gasteiger partial charge in [0.15, 0.2) is 0 Å². The molecule has 1 fully saturated rings. The molecule has 1 aliphatic heterocycles. The van der Waals surface area contributed by atoms with E-state index in [9.17, 15) is 9.59 Å². The molecular weight excluding hydrogens is 294 g/mol. The second-order valence-corrected chi connectivity index (χ2v) is 5.66. The Balaban J connectivity index is 1.62. The second kappa shape index (κ2) is 6.60. The number of piperidine rings is 1. The first-order valence-electron chi connectivity index (χ1n) is 7.62. The summed E-state index contributed by atoms with van der Waals surface area (Å²) in [7, 11) is 1.75. The van der Waals surface area contributed by atoms with Crippen LogP contribution in [0.5, 0.6) is 0 Å². The summed E-state index contributed by atoms with van der Waals surface area (Å²) in [6, 6.07) is 3.33. The van der Waals surface area contributed by atoms with Crippen LogP contribution in [-0.4, -0.2) is 45.4 Å². The van der Waals surface area contributed by atoms with Crippen LogP contribution in [0.1, 0.15) is 23.3 Å². The summed E-state index contributed by atoms with van der Waals surface area (Å²) in [4.78, 5) is 34.8. The summed E-state index contributed by atoms with van der Waals surface area (Å²) < 4.78 is 1.65. The average molecular weight is 313 g/mol. The molecule has 3 heterocycles. The van der Waals surface area contributed by atoms with Gasteiger partial charge in [0, 0.05) is 44.8 Å². The van der Waals surface area contributed by atoms with Crippen LogP contribution in [0.25, 0.3) is 0 Å². The van der Waals surface area contributed by atoms with Crippen molar-refractivity contribution in [3.8, 4) is 0 Å². The monoisotopic (exact) mass is 313 g/mol. The van der Waals surface area contributed by atoms with E-state index in [-0.39, 0.29) is 6.04 Å². The maximum absolute atomic E-state index is 12.2. The molecule has 120 valence electrons. The molecule has 23 heavy (non-hydrogen) atoms. The van der Waals surface area contributed by atoms with E-state index in [0.29, 0.717) is 12.2 Å². The van der Waals surface area contributed by atoms with Crippen LogP contribution < -0.4 is 10.2 Å². The van der Waals surface area contributed by atoms with Crippen molar-refractivity contribution in [3.05, 3.63) is 42.6 Å². The lowest BCUT2D eigenvalue weighted by molar-refractivity contribution is -0.117. The fourth-order valence-electron chi connectivity index (χ4n) is 2.82. The summed E-state index contributed by atoms with van der Waals surface area (Å²) >= 11 is 0. The number of ketones is 1. The standard InChI is InChI=1S/C16H19N5O2/c1-20-8-3-5-13(20)15(22)16(23)19-12-4-2-9-21(11-12)14-10-17-6-7-18-14/h3,5-8,10,12H,2,4,9,11H2,1H3,(H,19,23)/t12-/m0/s1. The van der Waals surface area contributed by atoms with Crippen molar-refractivity contribution in [1.82, 2.24) is 19.9 Å². The molecule has 1 atom stereocenters. The van der Waals surface area contributed by atoms with E-state index in [1.165, 1.54) is 0 Å². The van der Waals surface area contributed by atoms with E-state index in [1.54, 1.807) is 48.5 Å². The van der Waals surface area contributed by atoms with Crippen LogP contribution >= 0.6 is 0 Å². The fourth-order valence-corrected chi connectivity index (χ4v) is 2.82. The number of anilines is 1. The van der Waals surface area contributed by atoms with Crippen LogP contribution in [0.15, 0.2) is 36.9 Å². The highest BCUT2D eigenvalue weighted by molar-refractivity contribution is 6.42. The molecule has 0 saturated carbocycles. The van der Waals surface area contributed by atoms with E-state index in [0.717, 1.165) is 25.2 Å². The minimum absolute atomic E-state index is 0.0672. The number of nitrogens with one attached hydrogen (secondary N) is 1. The quantitative estimate of drug-likeness (QED) is 0.666. The number of amides is 1. The molecule has 0 bridgehead atoms. The lowest BCUT2D eigenvalue weighted by Crippen LogP contribution is -2.49. The molecule has 0 spiro atoms. The Labute approximate surface area is 134 Å². The number of carbonyl (C=O) groups is 2. The maximum Gasteiger partial charge on any atom is 0.294 e. The molecule has 0 unspecified atom stereocenters. The predicted octanol–water partition coefficient (Wildman–Crippen LogP) is 0.783. The van der Waals surface area contributed by atoms with Crippen molar-refractivity contribution in [2.24, 2.45) is 7.05 Å². The van der Waals surface area contributed by atoms with E-state index in [1.807, 2.05) is 0 Å². The van der Waals surface area contributed by atoms with Gasteiger partial charge >= 0.3 is 0 Å². The van der Waals surface area contributed by atoms with Gasteiger partial charge in [0.1, 0.15) is 5.82 Å². The molecular formula is C16H19N5O2. The number of nitrogens with zero attached hydrogens (tertiary/aromatic N) is 4. The van der Waals surface area contributed by atoms with Gasteiger partial charge < -0.3 is 14.8 Å². The first kappa shape index (κ1) is 15.2. The molecule has 0 aliphatic carbocycles. The van der Waals surface area contributed by atoms with Gasteiger partial charge in [-0.3, -0.25) is 14.6 Å². The average Bonchev–Trinajstić information content (AvgIpc) is 3.01. The van der Waals surface area contributed by atoms with Crippen LogP contribution in [-0.2, 0) is 11.8 Å². The SMILES string of the molecule is Cn1cccc1C(=O)C(=O)N[C@H]1CCCN(c2cnccn2)C1. The normalized spacial score (nSPS) is 17.8. The van der Waals surface area contributed by atoms with E-state index in [2.05, 4.69) is 20.2 Å². The maximum atomic E-state index is 12.2. The first-order chi connectivity index (χ1) is 11.1. The van der Waals surface area contributed by atoms with Gasteiger partial charge in [0.2, 0.25) is 0 Å². The lowest BCUT2D eigenvalue weighted by Gasteiger charge is -2.33. The summed E-state index contributed by atoms with van der Waals surface area (Å²) in [5.74, 6) is -0.271. The minimum Gasteiger partial charge on any atom is -0.353 e. The zero-order chi connectivity index (χ0) is 16.2. The summed E-state index contributed by atoms with van der Waals surface area (Å²) in [5.41, 5.74) is 0.393. The van der Waals surface area contributed by atoms with E-state index < -0.39 is 11.7 Å². The largest absolute Gasteiger partial charge is 0.353 e. The second-order valence-electron chi connectivity index (χ2n) is 5.66. The van der Waals surface area contributed by atoms with Crippen LogP contribution in [0.3, 0.4) is 0 Å². The van der Waals surface area contributed by atoms with Crippen molar-refractivity contribution < 1.29 is 9.59 Å². The molecule has 2 aromatic rings. The van der Waals surface area contributed by atoms with Gasteiger partial charge in [-0.15, -0.1) is 0 Å². The van der Waals surface area contributed by atoms with E-state index >= 15 is 0 Å². The highest BCUT2D eigenvalue weighted by Crippen LogP contribution is 2.16. The summed E-state index contributed by atoms with van der Waals surface area (Å²) in [6.45, 7) is 1.50. The zero-order valence-corrected chi connectivity index (χ0v) is 13.0. The van der Waals surface area contributed by atoms with Gasteiger partial charge in [-0.2, -0.15) is 0 Å². The van der Waals surface area contributed by atoms with Gasteiger partial charge in [-0.05, 0) is 25.0 Å². The third-order valence-corrected chi connectivity index (χ3v) is 4.01. The molecule has 1 aliphatic rings. The molecule has 2 aromatic heterocycles. The molecule has 1 amide bonds. The lowest BCUT2D eigenvalue weighted by atomic mass is 10.1. The molecule has 1 N–H and O–H groups in total. The third-order valence-electron chi connectivity index (χ3n) is 4.01. The minimum atomic E-state index is -0.558. The number of carbonyl (C=O) groups excluding carboxylic acids is 2. The highest BCUT2D eigenvalue weighted by Gasteiger charge is 2.26. The van der Waals surface area contributed by atoms with Crippen molar-refractivity contribution in [2.45, 2.75) is 18.9 Å². The molecule has 1 saturated heterocycles.